The van der Waals surface area contributed by atoms with Crippen molar-refractivity contribution in [3.8, 4) is 16.8 Å². The fourth-order valence-corrected chi connectivity index (χ4v) is 8.08. The highest BCUT2D eigenvalue weighted by Crippen LogP contribution is 2.51. The molecule has 0 aliphatic heterocycles. The molecule has 1 aliphatic rings. The van der Waals surface area contributed by atoms with E-state index < -0.39 is 0 Å². The Morgan fingerprint density at radius 1 is 0.511 bits per heavy atom. The van der Waals surface area contributed by atoms with E-state index in [1.807, 2.05) is 0 Å². The number of fused-ring (bicyclic) bond motifs is 9. The Bertz CT molecular complexity index is 2420. The summed E-state index contributed by atoms with van der Waals surface area (Å²) >= 11 is 0. The van der Waals surface area contributed by atoms with Gasteiger partial charge in [0.25, 0.3) is 0 Å². The number of hydrogen-bond acceptors (Lipinski definition) is 1. The second-order valence-electron chi connectivity index (χ2n) is 17.6. The second kappa shape index (κ2) is 9.41. The van der Waals surface area contributed by atoms with Crippen LogP contribution in [0.15, 0.2) is 89.3 Å². The molecular weight excluding hydrogens is 571 g/mol. The largest absolute Gasteiger partial charge is 0.455 e. The number of hydrogen-bond donors (Lipinski definition) is 0. The van der Waals surface area contributed by atoms with Gasteiger partial charge in [-0.25, -0.2) is 0 Å². The highest BCUT2D eigenvalue weighted by Gasteiger charge is 2.36. The summed E-state index contributed by atoms with van der Waals surface area (Å²) in [4.78, 5) is 0. The Kier molecular flexibility index (Phi) is 6.02. The molecule has 0 N–H and O–H groups in total. The first-order valence-electron chi connectivity index (χ1n) is 17.2. The number of benzene rings is 5. The Morgan fingerprint density at radius 3 is 1.81 bits per heavy atom. The minimum Gasteiger partial charge on any atom is -0.455 e. The van der Waals surface area contributed by atoms with Gasteiger partial charge >= 0.3 is 0 Å². The van der Waals surface area contributed by atoms with Crippen molar-refractivity contribution in [2.75, 3.05) is 0 Å². The van der Waals surface area contributed by atoms with E-state index in [0.29, 0.717) is 0 Å². The quantitative estimate of drug-likeness (QED) is 0.179. The summed E-state index contributed by atoms with van der Waals surface area (Å²) in [5.74, 6) is 0. The third-order valence-corrected chi connectivity index (χ3v) is 10.8. The molecule has 5 aromatic carbocycles. The van der Waals surface area contributed by atoms with E-state index in [9.17, 15) is 0 Å². The molecule has 0 bridgehead atoms. The fraction of sp³-hybridized carbons (Fsp3) is 0.333. The lowest BCUT2D eigenvalue weighted by Crippen LogP contribution is -2.16. The third-order valence-electron chi connectivity index (χ3n) is 10.8. The zero-order valence-electron chi connectivity index (χ0n) is 29.9. The smallest absolute Gasteiger partial charge is 0.139 e. The molecular formula is C45H47NO. The van der Waals surface area contributed by atoms with Crippen molar-refractivity contribution in [3.63, 3.8) is 0 Å². The summed E-state index contributed by atoms with van der Waals surface area (Å²) in [6.45, 7) is 25.5. The van der Waals surface area contributed by atoms with Gasteiger partial charge in [-0.3, -0.25) is 0 Å². The summed E-state index contributed by atoms with van der Waals surface area (Å²) in [6.07, 6.45) is 0. The van der Waals surface area contributed by atoms with Crippen molar-refractivity contribution in [3.05, 3.63) is 113 Å². The van der Waals surface area contributed by atoms with Crippen molar-refractivity contribution >= 4 is 43.7 Å². The van der Waals surface area contributed by atoms with Crippen molar-refractivity contribution in [1.82, 2.24) is 4.57 Å². The van der Waals surface area contributed by atoms with Gasteiger partial charge in [-0.1, -0.05) is 125 Å². The standard InChI is InChI=1S/C45H47NO/c1-42(2,3)26-20-32-33-22-27(23-37(44(7,8)9)41(33)47-40(32)36(21-26)43(4,5)6)46-38-19-15-13-17-29(38)31-24-35-30(25-39(31)46)28-16-12-14-18-34(28)45(35,10)11/h12-25H,1-11H3. The fourth-order valence-electron chi connectivity index (χ4n) is 8.08. The minimum atomic E-state index is -0.125. The average molecular weight is 618 g/mol. The first-order chi connectivity index (χ1) is 22.0. The van der Waals surface area contributed by atoms with Crippen LogP contribution >= 0.6 is 0 Å². The minimum absolute atomic E-state index is 0.0134. The van der Waals surface area contributed by atoms with E-state index in [2.05, 4.69) is 166 Å². The third kappa shape index (κ3) is 4.30. The van der Waals surface area contributed by atoms with Crippen molar-refractivity contribution < 1.29 is 4.42 Å². The Morgan fingerprint density at radius 2 is 1.13 bits per heavy atom. The van der Waals surface area contributed by atoms with Crippen LogP contribution in [0.5, 0.6) is 0 Å². The lowest BCUT2D eigenvalue weighted by molar-refractivity contribution is 0.550. The van der Waals surface area contributed by atoms with Crippen molar-refractivity contribution in [1.29, 1.82) is 0 Å². The Balaban J connectivity index is 1.52. The molecule has 0 spiro atoms. The summed E-state index contributed by atoms with van der Waals surface area (Å²) in [6, 6.07) is 32.4. The SMILES string of the molecule is CC(C)(C)c1cc(C(C)(C)C)c2oc3c(C(C)(C)C)cc(-n4c5ccccc5c5cc6c(cc54)-c4ccccc4C6(C)C)cc3c2c1. The van der Waals surface area contributed by atoms with Crippen LogP contribution in [0.4, 0.5) is 0 Å². The summed E-state index contributed by atoms with van der Waals surface area (Å²) in [7, 11) is 0. The molecule has 2 aromatic heterocycles. The Hall–Kier alpha value is -4.30. The molecule has 0 saturated carbocycles. The average Bonchev–Trinajstić information content (AvgIpc) is 3.60. The van der Waals surface area contributed by atoms with Gasteiger partial charge in [0.05, 0.1) is 11.0 Å². The predicted molar refractivity (Wildman–Crippen MR) is 202 cm³/mol. The molecule has 1 aliphatic carbocycles. The van der Waals surface area contributed by atoms with Crippen LogP contribution in [0.25, 0.3) is 60.6 Å². The highest BCUT2D eigenvalue weighted by atomic mass is 16.3. The normalized spacial score (nSPS) is 14.9. The van der Waals surface area contributed by atoms with Crippen LogP contribution in [0, 0.1) is 0 Å². The van der Waals surface area contributed by atoms with Crippen LogP contribution in [0.2, 0.25) is 0 Å². The zero-order chi connectivity index (χ0) is 33.4. The number of nitrogens with zero attached hydrogens (tertiary/aromatic N) is 1. The molecule has 0 amide bonds. The molecule has 0 unspecified atom stereocenters. The predicted octanol–water partition coefficient (Wildman–Crippen LogP) is 12.9. The van der Waals surface area contributed by atoms with Crippen LogP contribution in [-0.2, 0) is 21.7 Å². The molecule has 8 rings (SSSR count). The monoisotopic (exact) mass is 617 g/mol. The van der Waals surface area contributed by atoms with Gasteiger partial charge in [0.15, 0.2) is 0 Å². The van der Waals surface area contributed by atoms with Crippen LogP contribution < -0.4 is 0 Å². The molecule has 0 saturated heterocycles. The summed E-state index contributed by atoms with van der Waals surface area (Å²) in [5.41, 5.74) is 14.8. The lowest BCUT2D eigenvalue weighted by atomic mass is 9.79. The van der Waals surface area contributed by atoms with Gasteiger partial charge < -0.3 is 8.98 Å². The van der Waals surface area contributed by atoms with Crippen molar-refractivity contribution in [2.24, 2.45) is 0 Å². The molecule has 2 heterocycles. The molecule has 2 heteroatoms. The number of rotatable bonds is 1. The Labute approximate surface area is 279 Å². The molecule has 0 atom stereocenters. The van der Waals surface area contributed by atoms with Crippen LogP contribution in [-0.4, -0.2) is 4.57 Å². The van der Waals surface area contributed by atoms with Gasteiger partial charge in [0, 0.05) is 43.8 Å². The zero-order valence-corrected chi connectivity index (χ0v) is 29.9. The maximum absolute atomic E-state index is 7.00. The van der Waals surface area contributed by atoms with Gasteiger partial charge in [0.2, 0.25) is 0 Å². The first kappa shape index (κ1) is 30.1. The number of aromatic nitrogens is 1. The molecule has 2 nitrogen and oxygen atoms in total. The van der Waals surface area contributed by atoms with Gasteiger partial charge in [0.1, 0.15) is 11.2 Å². The topological polar surface area (TPSA) is 18.1 Å². The molecule has 47 heavy (non-hydrogen) atoms. The summed E-state index contributed by atoms with van der Waals surface area (Å²) in [5, 5.41) is 5.00. The van der Waals surface area contributed by atoms with Gasteiger partial charge in [-0.05, 0) is 80.5 Å². The molecule has 0 fully saturated rings. The molecule has 238 valence electrons. The van der Waals surface area contributed by atoms with Crippen LogP contribution in [0.3, 0.4) is 0 Å². The number of para-hydroxylation sites is 1. The summed E-state index contributed by atoms with van der Waals surface area (Å²) < 4.78 is 9.50. The first-order valence-corrected chi connectivity index (χ1v) is 17.2. The van der Waals surface area contributed by atoms with E-state index in [-0.39, 0.29) is 21.7 Å². The van der Waals surface area contributed by atoms with Gasteiger partial charge in [-0.15, -0.1) is 0 Å². The van der Waals surface area contributed by atoms with Gasteiger partial charge in [-0.2, -0.15) is 0 Å². The molecule has 7 aromatic rings. The maximum Gasteiger partial charge on any atom is 0.139 e. The lowest BCUT2D eigenvalue weighted by Gasteiger charge is -2.25. The highest BCUT2D eigenvalue weighted by molar-refractivity contribution is 6.13. The van der Waals surface area contributed by atoms with Crippen LogP contribution in [0.1, 0.15) is 104 Å². The van der Waals surface area contributed by atoms with Crippen molar-refractivity contribution in [2.45, 2.75) is 97.8 Å². The van der Waals surface area contributed by atoms with E-state index in [0.717, 1.165) is 11.2 Å². The number of furan rings is 1. The molecule has 0 radical (unpaired) electrons. The van der Waals surface area contributed by atoms with E-state index in [1.54, 1.807) is 0 Å². The van der Waals surface area contributed by atoms with E-state index in [4.69, 9.17) is 4.42 Å². The maximum atomic E-state index is 7.00. The van der Waals surface area contributed by atoms with E-state index >= 15 is 0 Å². The second-order valence-corrected chi connectivity index (χ2v) is 17.6. The van der Waals surface area contributed by atoms with E-state index in [1.165, 1.54) is 77.2 Å².